The normalized spacial score (nSPS) is 19.9. The van der Waals surface area contributed by atoms with Gasteiger partial charge in [-0.05, 0) is 19.3 Å². The summed E-state index contributed by atoms with van der Waals surface area (Å²) in [6, 6.07) is 0. The average Bonchev–Trinajstić information content (AvgIpc) is 2.69. The van der Waals surface area contributed by atoms with Gasteiger partial charge in [0.2, 0.25) is 5.91 Å². The lowest BCUT2D eigenvalue weighted by Gasteiger charge is -2.29. The molecular weight excluding hydrogens is 210 g/mol. The molecule has 0 aliphatic carbocycles. The minimum Gasteiger partial charge on any atom is -0.481 e. The number of rotatable bonds is 4. The van der Waals surface area contributed by atoms with Crippen LogP contribution in [-0.2, 0) is 14.4 Å². The van der Waals surface area contributed by atoms with Crippen molar-refractivity contribution in [2.45, 2.75) is 33.6 Å². The van der Waals surface area contributed by atoms with E-state index in [0.29, 0.717) is 13.2 Å². The van der Waals surface area contributed by atoms with Crippen LogP contribution >= 0.6 is 0 Å². The van der Waals surface area contributed by atoms with E-state index in [2.05, 4.69) is 0 Å². The third kappa shape index (κ3) is 2.52. The second-order valence-electron chi connectivity index (χ2n) is 4.74. The Kier molecular flexibility index (Phi) is 3.91. The first-order valence-electron chi connectivity index (χ1n) is 5.54. The largest absolute Gasteiger partial charge is 0.481 e. The number of nitrogens with zero attached hydrogens (tertiary/aromatic N) is 1. The van der Waals surface area contributed by atoms with Gasteiger partial charge < -0.3 is 5.11 Å². The summed E-state index contributed by atoms with van der Waals surface area (Å²) < 4.78 is 0. The van der Waals surface area contributed by atoms with Gasteiger partial charge in [0.25, 0.3) is 0 Å². The summed E-state index contributed by atoms with van der Waals surface area (Å²) in [7, 11) is 0. The van der Waals surface area contributed by atoms with E-state index in [1.807, 2.05) is 13.8 Å². The predicted octanol–water partition coefficient (Wildman–Crippen LogP) is 1.29. The maximum atomic E-state index is 11.8. The molecule has 92 valence electrons. The molecular formula is C11H19NO4. The number of carbonyl (C=O) groups is 2. The van der Waals surface area contributed by atoms with Gasteiger partial charge in [0, 0.05) is 6.42 Å². The van der Waals surface area contributed by atoms with Crippen molar-refractivity contribution in [3.05, 3.63) is 0 Å². The van der Waals surface area contributed by atoms with Gasteiger partial charge in [-0.3, -0.25) is 14.4 Å². The lowest BCUT2D eigenvalue weighted by molar-refractivity contribution is -0.175. The lowest BCUT2D eigenvalue weighted by atomic mass is 9.76. The van der Waals surface area contributed by atoms with Crippen molar-refractivity contribution in [1.82, 2.24) is 5.06 Å². The van der Waals surface area contributed by atoms with Crippen molar-refractivity contribution >= 4 is 11.9 Å². The Morgan fingerprint density at radius 1 is 1.50 bits per heavy atom. The summed E-state index contributed by atoms with van der Waals surface area (Å²) in [5, 5.41) is 10.5. The molecule has 0 saturated carbocycles. The molecule has 0 radical (unpaired) electrons. The van der Waals surface area contributed by atoms with Crippen molar-refractivity contribution in [1.29, 1.82) is 0 Å². The average molecular weight is 229 g/mol. The SMILES string of the molecule is CC(C)C(C)(CC(=O)N1CCCO1)C(=O)O. The molecule has 1 unspecified atom stereocenters. The molecule has 0 aromatic heterocycles. The Hall–Kier alpha value is -1.10. The first kappa shape index (κ1) is 13.0. The molecule has 1 aliphatic rings. The van der Waals surface area contributed by atoms with Crippen LogP contribution in [0.4, 0.5) is 0 Å². The number of carboxylic acids is 1. The molecule has 16 heavy (non-hydrogen) atoms. The molecule has 1 aliphatic heterocycles. The maximum absolute atomic E-state index is 11.8. The van der Waals surface area contributed by atoms with Gasteiger partial charge in [-0.2, -0.15) is 0 Å². The van der Waals surface area contributed by atoms with E-state index in [1.165, 1.54) is 5.06 Å². The number of carboxylic acid groups (broad SMARTS) is 1. The van der Waals surface area contributed by atoms with Gasteiger partial charge in [0.15, 0.2) is 0 Å². The highest BCUT2D eigenvalue weighted by Gasteiger charge is 2.40. The van der Waals surface area contributed by atoms with Crippen LogP contribution in [0.25, 0.3) is 0 Å². The number of carbonyl (C=O) groups excluding carboxylic acids is 1. The highest BCUT2D eigenvalue weighted by molar-refractivity contribution is 5.84. The summed E-state index contributed by atoms with van der Waals surface area (Å²) in [5.41, 5.74) is -1.02. The quantitative estimate of drug-likeness (QED) is 0.788. The number of hydrogen-bond acceptors (Lipinski definition) is 3. The molecule has 1 heterocycles. The summed E-state index contributed by atoms with van der Waals surface area (Å²) in [4.78, 5) is 28.1. The predicted molar refractivity (Wildman–Crippen MR) is 57.5 cm³/mol. The maximum Gasteiger partial charge on any atom is 0.310 e. The van der Waals surface area contributed by atoms with Crippen LogP contribution in [0.5, 0.6) is 0 Å². The molecule has 0 bridgehead atoms. The fourth-order valence-corrected chi connectivity index (χ4v) is 1.57. The summed E-state index contributed by atoms with van der Waals surface area (Å²) in [6.07, 6.45) is 0.803. The van der Waals surface area contributed by atoms with Gasteiger partial charge in [-0.1, -0.05) is 13.8 Å². The highest BCUT2D eigenvalue weighted by Crippen LogP contribution is 2.32. The monoisotopic (exact) mass is 229 g/mol. The molecule has 0 aromatic carbocycles. The third-order valence-corrected chi connectivity index (χ3v) is 3.31. The van der Waals surface area contributed by atoms with Crippen molar-refractivity contribution in [2.24, 2.45) is 11.3 Å². The summed E-state index contributed by atoms with van der Waals surface area (Å²) >= 11 is 0. The van der Waals surface area contributed by atoms with Gasteiger partial charge >= 0.3 is 5.97 Å². The van der Waals surface area contributed by atoms with Crippen LogP contribution < -0.4 is 0 Å². The van der Waals surface area contributed by atoms with E-state index in [-0.39, 0.29) is 18.2 Å². The van der Waals surface area contributed by atoms with Gasteiger partial charge in [0.05, 0.1) is 18.6 Å². The van der Waals surface area contributed by atoms with E-state index >= 15 is 0 Å². The first-order valence-corrected chi connectivity index (χ1v) is 5.54. The minimum absolute atomic E-state index is 0.0139. The minimum atomic E-state index is -1.02. The van der Waals surface area contributed by atoms with Crippen molar-refractivity contribution in [3.63, 3.8) is 0 Å². The van der Waals surface area contributed by atoms with Gasteiger partial charge in [-0.15, -0.1) is 0 Å². The molecule has 1 amide bonds. The number of aliphatic carboxylic acids is 1. The van der Waals surface area contributed by atoms with E-state index in [9.17, 15) is 14.7 Å². The Labute approximate surface area is 95.3 Å². The number of hydroxylamine groups is 2. The van der Waals surface area contributed by atoms with Crippen molar-refractivity contribution < 1.29 is 19.5 Å². The Morgan fingerprint density at radius 2 is 2.12 bits per heavy atom. The van der Waals surface area contributed by atoms with Gasteiger partial charge in [-0.25, -0.2) is 5.06 Å². The molecule has 1 rings (SSSR count). The molecule has 1 N–H and O–H groups in total. The van der Waals surface area contributed by atoms with Crippen LogP contribution in [0.3, 0.4) is 0 Å². The van der Waals surface area contributed by atoms with Crippen LogP contribution in [0, 0.1) is 11.3 Å². The fraction of sp³-hybridized carbons (Fsp3) is 0.818. The number of amides is 1. The van der Waals surface area contributed by atoms with Crippen LogP contribution in [-0.4, -0.2) is 35.2 Å². The molecule has 5 heteroatoms. The lowest BCUT2D eigenvalue weighted by Crippen LogP contribution is -2.39. The summed E-state index contributed by atoms with van der Waals surface area (Å²) in [5.74, 6) is -1.28. The van der Waals surface area contributed by atoms with E-state index < -0.39 is 11.4 Å². The smallest absolute Gasteiger partial charge is 0.310 e. The second-order valence-corrected chi connectivity index (χ2v) is 4.74. The Morgan fingerprint density at radius 3 is 2.50 bits per heavy atom. The molecule has 0 spiro atoms. The standard InChI is InChI=1S/C11H19NO4/c1-8(2)11(3,10(14)15)7-9(13)12-5-4-6-16-12/h8H,4-7H2,1-3H3,(H,14,15). The van der Waals surface area contributed by atoms with Crippen LogP contribution in [0.2, 0.25) is 0 Å². The fourth-order valence-electron chi connectivity index (χ4n) is 1.57. The van der Waals surface area contributed by atoms with Crippen LogP contribution in [0.1, 0.15) is 33.6 Å². The van der Waals surface area contributed by atoms with Crippen molar-refractivity contribution in [2.75, 3.05) is 13.2 Å². The molecule has 5 nitrogen and oxygen atoms in total. The number of hydrogen-bond donors (Lipinski definition) is 1. The molecule has 1 saturated heterocycles. The zero-order valence-electron chi connectivity index (χ0n) is 10.0. The first-order chi connectivity index (χ1) is 7.38. The van der Waals surface area contributed by atoms with E-state index in [0.717, 1.165) is 6.42 Å². The zero-order chi connectivity index (χ0) is 12.3. The van der Waals surface area contributed by atoms with E-state index in [1.54, 1.807) is 6.92 Å². The summed E-state index contributed by atoms with van der Waals surface area (Å²) in [6.45, 7) is 6.33. The molecule has 1 atom stereocenters. The molecule has 0 aromatic rings. The Balaban J connectivity index is 2.68. The van der Waals surface area contributed by atoms with Crippen molar-refractivity contribution in [3.8, 4) is 0 Å². The highest BCUT2D eigenvalue weighted by atomic mass is 16.7. The zero-order valence-corrected chi connectivity index (χ0v) is 10.0. The Bertz CT molecular complexity index is 284. The third-order valence-electron chi connectivity index (χ3n) is 3.31. The molecule has 1 fully saturated rings. The topological polar surface area (TPSA) is 66.8 Å². The van der Waals surface area contributed by atoms with Gasteiger partial charge in [0.1, 0.15) is 0 Å². The second kappa shape index (κ2) is 4.82. The van der Waals surface area contributed by atoms with Crippen LogP contribution in [0.15, 0.2) is 0 Å². The van der Waals surface area contributed by atoms with E-state index in [4.69, 9.17) is 4.84 Å².